The smallest absolute Gasteiger partial charge is 0.224 e. The van der Waals surface area contributed by atoms with Crippen LogP contribution in [0.5, 0.6) is 0 Å². The van der Waals surface area contributed by atoms with E-state index in [1.165, 1.54) is 0 Å². The van der Waals surface area contributed by atoms with Crippen LogP contribution >= 0.6 is 0 Å². The molecule has 1 unspecified atom stereocenters. The van der Waals surface area contributed by atoms with Crippen molar-refractivity contribution in [2.24, 2.45) is 23.0 Å². The third-order valence-corrected chi connectivity index (χ3v) is 4.52. The van der Waals surface area contributed by atoms with Crippen LogP contribution in [0, 0.1) is 17.3 Å². The Morgan fingerprint density at radius 2 is 1.79 bits per heavy atom. The minimum absolute atomic E-state index is 0.0317. The summed E-state index contributed by atoms with van der Waals surface area (Å²) in [6.07, 6.45) is 3.53. The minimum atomic E-state index is -0.735. The molecule has 4 nitrogen and oxygen atoms in total. The van der Waals surface area contributed by atoms with E-state index in [4.69, 9.17) is 5.73 Å². The first-order valence-electron chi connectivity index (χ1n) is 7.39. The number of aliphatic hydroxyl groups is 1. The van der Waals surface area contributed by atoms with Gasteiger partial charge in [0, 0.05) is 13.1 Å². The van der Waals surface area contributed by atoms with Gasteiger partial charge in [0.15, 0.2) is 0 Å². The molecule has 1 rings (SSSR count). The van der Waals surface area contributed by atoms with Crippen molar-refractivity contribution in [3.8, 4) is 0 Å². The van der Waals surface area contributed by atoms with Crippen LogP contribution in [-0.4, -0.2) is 29.7 Å². The van der Waals surface area contributed by atoms with Gasteiger partial charge in [-0.3, -0.25) is 4.79 Å². The lowest BCUT2D eigenvalue weighted by atomic mass is 9.71. The van der Waals surface area contributed by atoms with Crippen molar-refractivity contribution in [3.63, 3.8) is 0 Å². The lowest BCUT2D eigenvalue weighted by Crippen LogP contribution is -2.49. The van der Waals surface area contributed by atoms with Gasteiger partial charge in [-0.25, -0.2) is 0 Å². The molecule has 0 bridgehead atoms. The molecule has 112 valence electrons. The highest BCUT2D eigenvalue weighted by molar-refractivity contribution is 5.79. The van der Waals surface area contributed by atoms with Crippen molar-refractivity contribution in [1.82, 2.24) is 5.32 Å². The van der Waals surface area contributed by atoms with E-state index in [9.17, 15) is 9.90 Å². The van der Waals surface area contributed by atoms with Crippen LogP contribution < -0.4 is 11.1 Å². The molecule has 1 saturated carbocycles. The normalized spacial score (nSPS) is 23.1. The summed E-state index contributed by atoms with van der Waals surface area (Å²) in [4.78, 5) is 12.0. The predicted octanol–water partition coefficient (Wildman–Crippen LogP) is 1.66. The molecule has 0 saturated heterocycles. The third kappa shape index (κ3) is 4.77. The van der Waals surface area contributed by atoms with Gasteiger partial charge in [0.1, 0.15) is 0 Å². The maximum atomic E-state index is 12.0. The number of hydrogen-bond acceptors (Lipinski definition) is 3. The lowest BCUT2D eigenvalue weighted by molar-refractivity contribution is -0.127. The van der Waals surface area contributed by atoms with E-state index in [2.05, 4.69) is 19.2 Å². The van der Waals surface area contributed by atoms with E-state index in [1.54, 1.807) is 0 Å². The molecule has 0 aromatic carbocycles. The summed E-state index contributed by atoms with van der Waals surface area (Å²) in [6.45, 7) is 9.16. The fourth-order valence-electron chi connectivity index (χ4n) is 2.63. The van der Waals surface area contributed by atoms with Gasteiger partial charge in [-0.15, -0.1) is 0 Å². The van der Waals surface area contributed by atoms with E-state index in [0.717, 1.165) is 25.7 Å². The second kappa shape index (κ2) is 6.23. The lowest BCUT2D eigenvalue weighted by Gasteiger charge is -2.40. The molecule has 0 aliphatic heterocycles. The van der Waals surface area contributed by atoms with Gasteiger partial charge in [-0.1, -0.05) is 27.7 Å². The monoisotopic (exact) mass is 270 g/mol. The van der Waals surface area contributed by atoms with Crippen molar-refractivity contribution < 1.29 is 9.90 Å². The molecule has 4 heteroatoms. The highest BCUT2D eigenvalue weighted by Gasteiger charge is 2.37. The summed E-state index contributed by atoms with van der Waals surface area (Å²) in [7, 11) is 0. The van der Waals surface area contributed by atoms with Gasteiger partial charge < -0.3 is 16.2 Å². The van der Waals surface area contributed by atoms with Crippen LogP contribution in [0.2, 0.25) is 0 Å². The average molecular weight is 270 g/mol. The Bertz CT molecular complexity index is 303. The first kappa shape index (κ1) is 16.4. The van der Waals surface area contributed by atoms with Crippen LogP contribution in [0.15, 0.2) is 0 Å². The summed E-state index contributed by atoms with van der Waals surface area (Å²) < 4.78 is 0. The van der Waals surface area contributed by atoms with Crippen molar-refractivity contribution in [1.29, 1.82) is 0 Å². The highest BCUT2D eigenvalue weighted by Crippen LogP contribution is 2.39. The molecular formula is C15H30N2O2. The maximum Gasteiger partial charge on any atom is 0.224 e. The van der Waals surface area contributed by atoms with Crippen LogP contribution in [0.3, 0.4) is 0 Å². The quantitative estimate of drug-likeness (QED) is 0.711. The Morgan fingerprint density at radius 3 is 2.21 bits per heavy atom. The summed E-state index contributed by atoms with van der Waals surface area (Å²) in [5.41, 5.74) is 5.21. The van der Waals surface area contributed by atoms with Crippen LogP contribution in [0.25, 0.3) is 0 Å². The Labute approximate surface area is 117 Å². The predicted molar refractivity (Wildman–Crippen MR) is 77.6 cm³/mol. The zero-order valence-electron chi connectivity index (χ0n) is 12.8. The number of amides is 1. The summed E-state index contributed by atoms with van der Waals surface area (Å²) in [6, 6.07) is 0. The van der Waals surface area contributed by atoms with Gasteiger partial charge in [0.2, 0.25) is 5.91 Å². The molecule has 19 heavy (non-hydrogen) atoms. The Morgan fingerprint density at radius 1 is 1.26 bits per heavy atom. The van der Waals surface area contributed by atoms with Crippen molar-refractivity contribution in [3.05, 3.63) is 0 Å². The average Bonchev–Trinajstić information content (AvgIpc) is 2.32. The fourth-order valence-corrected chi connectivity index (χ4v) is 2.63. The van der Waals surface area contributed by atoms with Gasteiger partial charge in [-0.05, 0) is 37.0 Å². The highest BCUT2D eigenvalue weighted by atomic mass is 16.3. The number of nitrogens with two attached hydrogens (primary N) is 1. The Kier molecular flexibility index (Phi) is 5.39. The van der Waals surface area contributed by atoms with E-state index in [0.29, 0.717) is 18.5 Å². The number of carbonyl (C=O) groups excluding carboxylic acids is 1. The number of rotatable bonds is 5. The summed E-state index contributed by atoms with van der Waals surface area (Å²) in [5.74, 6) is 0.0318. The van der Waals surface area contributed by atoms with Crippen molar-refractivity contribution in [2.45, 2.75) is 59.0 Å². The molecule has 0 heterocycles. The Balaban J connectivity index is 2.46. The van der Waals surface area contributed by atoms with E-state index in [1.807, 2.05) is 13.8 Å². The van der Waals surface area contributed by atoms with Crippen molar-refractivity contribution in [2.75, 3.05) is 13.1 Å². The summed E-state index contributed by atoms with van der Waals surface area (Å²) in [5, 5.41) is 13.4. The van der Waals surface area contributed by atoms with Gasteiger partial charge >= 0.3 is 0 Å². The first-order chi connectivity index (χ1) is 8.69. The van der Waals surface area contributed by atoms with Crippen LogP contribution in [-0.2, 0) is 4.79 Å². The zero-order valence-corrected chi connectivity index (χ0v) is 12.8. The molecular weight excluding hydrogens is 240 g/mol. The molecule has 4 N–H and O–H groups in total. The molecule has 1 fully saturated rings. The van der Waals surface area contributed by atoms with Gasteiger partial charge in [0.05, 0.1) is 11.5 Å². The largest absolute Gasteiger partial charge is 0.388 e. The molecule has 1 aliphatic carbocycles. The molecule has 0 aromatic heterocycles. The van der Waals surface area contributed by atoms with Crippen LogP contribution in [0.4, 0.5) is 0 Å². The zero-order chi connectivity index (χ0) is 14.7. The number of carbonyl (C=O) groups is 1. The topological polar surface area (TPSA) is 75.4 Å². The van der Waals surface area contributed by atoms with Crippen molar-refractivity contribution >= 4 is 5.91 Å². The number of hydrogen-bond donors (Lipinski definition) is 3. The molecule has 0 aromatic rings. The van der Waals surface area contributed by atoms with Gasteiger partial charge in [-0.2, -0.15) is 0 Å². The third-order valence-electron chi connectivity index (χ3n) is 4.52. The molecule has 1 amide bonds. The second-order valence-electron chi connectivity index (χ2n) is 7.19. The minimum Gasteiger partial charge on any atom is -0.388 e. The van der Waals surface area contributed by atoms with Gasteiger partial charge in [0.25, 0.3) is 0 Å². The maximum absolute atomic E-state index is 12.0. The SMILES string of the molecule is CC(C)C(CN)C(=O)NCC1(O)CCC(C)(C)CC1. The second-order valence-corrected chi connectivity index (χ2v) is 7.19. The molecule has 1 aliphatic rings. The fraction of sp³-hybridized carbons (Fsp3) is 0.933. The standard InChI is InChI=1S/C15H30N2O2/c1-11(2)12(9-16)13(18)17-10-15(19)7-5-14(3,4)6-8-15/h11-12,19H,5-10,16H2,1-4H3,(H,17,18). The Hall–Kier alpha value is -0.610. The van der Waals surface area contributed by atoms with E-state index in [-0.39, 0.29) is 17.7 Å². The van der Waals surface area contributed by atoms with E-state index >= 15 is 0 Å². The molecule has 0 spiro atoms. The first-order valence-corrected chi connectivity index (χ1v) is 7.39. The molecule has 1 atom stereocenters. The number of nitrogens with one attached hydrogen (secondary N) is 1. The summed E-state index contributed by atoms with van der Waals surface area (Å²) >= 11 is 0. The van der Waals surface area contributed by atoms with E-state index < -0.39 is 5.60 Å². The van der Waals surface area contributed by atoms with Crippen LogP contribution in [0.1, 0.15) is 53.4 Å². The molecule has 0 radical (unpaired) electrons.